The highest BCUT2D eigenvalue weighted by Gasteiger charge is 2.23. The van der Waals surface area contributed by atoms with Crippen LogP contribution in [0.5, 0.6) is 0 Å². The van der Waals surface area contributed by atoms with Crippen LogP contribution in [0.4, 0.5) is 0 Å². The number of hydrogen-bond donors (Lipinski definition) is 0. The third-order valence-electron chi connectivity index (χ3n) is 3.41. The third kappa shape index (κ3) is 3.16. The van der Waals surface area contributed by atoms with Crippen LogP contribution in [0, 0.1) is 5.41 Å². The van der Waals surface area contributed by atoms with Gasteiger partial charge in [-0.3, -0.25) is 0 Å². The van der Waals surface area contributed by atoms with Gasteiger partial charge in [0.2, 0.25) is 0 Å². The molecule has 12 heavy (non-hydrogen) atoms. The van der Waals surface area contributed by atoms with Crippen molar-refractivity contribution in [3.05, 3.63) is 0 Å². The normalized spacial score (nSPS) is 24.5. The van der Waals surface area contributed by atoms with Gasteiger partial charge in [-0.25, -0.2) is 0 Å². The smallest absolute Gasteiger partial charge is 0.0326 e. The van der Waals surface area contributed by atoms with Gasteiger partial charge in [-0.05, 0) is 24.7 Å². The number of rotatable bonds is 2. The largest absolute Gasteiger partial charge is 0.0654 e. The van der Waals surface area contributed by atoms with Crippen molar-refractivity contribution >= 4 is 0 Å². The third-order valence-corrected chi connectivity index (χ3v) is 3.41. The van der Waals surface area contributed by atoms with Crippen molar-refractivity contribution in [2.24, 2.45) is 5.41 Å². The predicted octanol–water partition coefficient (Wildman–Crippen LogP) is 4.54. The molecule has 1 aliphatic rings. The van der Waals surface area contributed by atoms with Crippen LogP contribution >= 0.6 is 0 Å². The van der Waals surface area contributed by atoms with Crippen molar-refractivity contribution in [3.8, 4) is 0 Å². The van der Waals surface area contributed by atoms with Crippen LogP contribution in [0.2, 0.25) is 0 Å². The van der Waals surface area contributed by atoms with Crippen LogP contribution in [0.25, 0.3) is 0 Å². The quantitative estimate of drug-likeness (QED) is 0.568. The van der Waals surface area contributed by atoms with Crippen molar-refractivity contribution in [1.29, 1.82) is 0 Å². The van der Waals surface area contributed by atoms with Crippen LogP contribution in [0.15, 0.2) is 0 Å². The second-order valence-corrected chi connectivity index (χ2v) is 4.83. The molecule has 0 radical (unpaired) electrons. The molecule has 0 N–H and O–H groups in total. The van der Waals surface area contributed by atoms with Gasteiger partial charge in [-0.1, -0.05) is 52.4 Å². The lowest BCUT2D eigenvalue weighted by Crippen LogP contribution is -2.17. The molecule has 1 rings (SSSR count). The van der Waals surface area contributed by atoms with Gasteiger partial charge >= 0.3 is 0 Å². The van der Waals surface area contributed by atoms with Crippen molar-refractivity contribution in [3.63, 3.8) is 0 Å². The highest BCUT2D eigenvalue weighted by Crippen LogP contribution is 2.37. The Kier molecular flexibility index (Phi) is 4.11. The molecule has 0 atom stereocenters. The fourth-order valence-corrected chi connectivity index (χ4v) is 2.61. The minimum absolute atomic E-state index is 0.704. The molecule has 0 nitrogen and oxygen atoms in total. The lowest BCUT2D eigenvalue weighted by atomic mass is 9.75. The van der Waals surface area contributed by atoms with E-state index in [1.54, 1.807) is 0 Å². The van der Waals surface area contributed by atoms with E-state index in [0.29, 0.717) is 5.41 Å². The lowest BCUT2D eigenvalue weighted by molar-refractivity contribution is 0.217. The number of hydrogen-bond acceptors (Lipinski definition) is 0. The van der Waals surface area contributed by atoms with Gasteiger partial charge < -0.3 is 0 Å². The molecule has 0 aromatic carbocycles. The van der Waals surface area contributed by atoms with Gasteiger partial charge in [0.05, 0.1) is 0 Å². The van der Waals surface area contributed by atoms with Crippen LogP contribution in [0.3, 0.4) is 0 Å². The standard InChI is InChI=1S/C12H24/c1-3-9-12(2)10-7-5-4-6-8-11-12/h3-11H2,1-2H3. The van der Waals surface area contributed by atoms with E-state index in [9.17, 15) is 0 Å². The molecule has 1 fully saturated rings. The molecular formula is C12H24. The average molecular weight is 168 g/mol. The van der Waals surface area contributed by atoms with Gasteiger partial charge in [-0.15, -0.1) is 0 Å². The lowest BCUT2D eigenvalue weighted by Gasteiger charge is -2.31. The average Bonchev–Trinajstić information content (AvgIpc) is 1.99. The summed E-state index contributed by atoms with van der Waals surface area (Å²) in [6.07, 6.45) is 13.2. The molecule has 0 amide bonds. The van der Waals surface area contributed by atoms with Gasteiger partial charge in [-0.2, -0.15) is 0 Å². The van der Waals surface area contributed by atoms with Crippen LogP contribution in [-0.2, 0) is 0 Å². The molecule has 72 valence electrons. The summed E-state index contributed by atoms with van der Waals surface area (Å²) in [5.41, 5.74) is 0.704. The molecule has 0 heteroatoms. The van der Waals surface area contributed by atoms with Gasteiger partial charge in [0.1, 0.15) is 0 Å². The Morgan fingerprint density at radius 2 is 1.42 bits per heavy atom. The summed E-state index contributed by atoms with van der Waals surface area (Å²) in [6.45, 7) is 4.83. The zero-order chi connectivity index (χ0) is 8.86. The van der Waals surface area contributed by atoms with E-state index in [1.807, 2.05) is 0 Å². The summed E-state index contributed by atoms with van der Waals surface area (Å²) >= 11 is 0. The van der Waals surface area contributed by atoms with Crippen molar-refractivity contribution in [2.75, 3.05) is 0 Å². The summed E-state index contributed by atoms with van der Waals surface area (Å²) in [5.74, 6) is 0. The minimum atomic E-state index is 0.704. The molecule has 0 bridgehead atoms. The highest BCUT2D eigenvalue weighted by molar-refractivity contribution is 4.75. The Morgan fingerprint density at radius 1 is 0.917 bits per heavy atom. The molecule has 1 saturated carbocycles. The van der Waals surface area contributed by atoms with Gasteiger partial charge in [0, 0.05) is 0 Å². The summed E-state index contributed by atoms with van der Waals surface area (Å²) in [7, 11) is 0. The maximum Gasteiger partial charge on any atom is -0.0326 e. The predicted molar refractivity (Wildman–Crippen MR) is 55.3 cm³/mol. The van der Waals surface area contributed by atoms with E-state index in [1.165, 1.54) is 57.8 Å². The van der Waals surface area contributed by atoms with E-state index in [-0.39, 0.29) is 0 Å². The molecule has 0 unspecified atom stereocenters. The minimum Gasteiger partial charge on any atom is -0.0654 e. The molecule has 0 saturated heterocycles. The fourth-order valence-electron chi connectivity index (χ4n) is 2.61. The Morgan fingerprint density at radius 3 is 1.92 bits per heavy atom. The Labute approximate surface area is 77.7 Å². The van der Waals surface area contributed by atoms with Crippen molar-refractivity contribution in [1.82, 2.24) is 0 Å². The molecule has 0 spiro atoms. The van der Waals surface area contributed by atoms with Gasteiger partial charge in [0.25, 0.3) is 0 Å². The second kappa shape index (κ2) is 4.89. The zero-order valence-electron chi connectivity index (χ0n) is 8.86. The zero-order valence-corrected chi connectivity index (χ0v) is 8.86. The molecule has 0 aromatic heterocycles. The van der Waals surface area contributed by atoms with E-state index < -0.39 is 0 Å². The van der Waals surface area contributed by atoms with Gasteiger partial charge in [0.15, 0.2) is 0 Å². The molecule has 0 aliphatic heterocycles. The Bertz CT molecular complexity index is 107. The highest BCUT2D eigenvalue weighted by atomic mass is 14.3. The van der Waals surface area contributed by atoms with Crippen molar-refractivity contribution in [2.45, 2.75) is 71.6 Å². The first-order valence-corrected chi connectivity index (χ1v) is 5.77. The Hall–Kier alpha value is 0. The summed E-state index contributed by atoms with van der Waals surface area (Å²) in [5, 5.41) is 0. The maximum atomic E-state index is 2.50. The van der Waals surface area contributed by atoms with Crippen LogP contribution in [-0.4, -0.2) is 0 Å². The first-order valence-electron chi connectivity index (χ1n) is 5.77. The van der Waals surface area contributed by atoms with Crippen LogP contribution < -0.4 is 0 Å². The SMILES string of the molecule is CCCC1(C)CCCCCCC1. The summed E-state index contributed by atoms with van der Waals surface area (Å²) < 4.78 is 0. The molecular weight excluding hydrogens is 144 g/mol. The maximum absolute atomic E-state index is 2.50. The van der Waals surface area contributed by atoms with Crippen molar-refractivity contribution < 1.29 is 0 Å². The topological polar surface area (TPSA) is 0 Å². The Balaban J connectivity index is 2.36. The van der Waals surface area contributed by atoms with E-state index in [4.69, 9.17) is 0 Å². The van der Waals surface area contributed by atoms with E-state index in [2.05, 4.69) is 13.8 Å². The van der Waals surface area contributed by atoms with Crippen LogP contribution in [0.1, 0.15) is 71.6 Å². The first kappa shape index (κ1) is 10.1. The van der Waals surface area contributed by atoms with E-state index >= 15 is 0 Å². The second-order valence-electron chi connectivity index (χ2n) is 4.83. The first-order chi connectivity index (χ1) is 5.77. The monoisotopic (exact) mass is 168 g/mol. The fraction of sp³-hybridized carbons (Fsp3) is 1.00. The molecule has 1 aliphatic carbocycles. The summed E-state index contributed by atoms with van der Waals surface area (Å²) in [4.78, 5) is 0. The molecule has 0 aromatic rings. The van der Waals surface area contributed by atoms with E-state index in [0.717, 1.165) is 0 Å². The summed E-state index contributed by atoms with van der Waals surface area (Å²) in [6, 6.07) is 0. The molecule has 0 heterocycles.